The van der Waals surface area contributed by atoms with Crippen LogP contribution in [0.4, 0.5) is 0 Å². The number of nitrogens with one attached hydrogen (secondary N) is 2. The first-order valence-corrected chi connectivity index (χ1v) is 14.1. The maximum atomic E-state index is 13.6. The zero-order chi connectivity index (χ0) is 29.2. The Morgan fingerprint density at radius 3 is 2.38 bits per heavy atom. The fraction of sp³-hybridized carbons (Fsp3) is 0.667. The molecule has 0 aromatic heterocycles. The quantitative estimate of drug-likeness (QED) is 0.396. The van der Waals surface area contributed by atoms with Crippen molar-refractivity contribution in [1.82, 2.24) is 10.6 Å². The van der Waals surface area contributed by atoms with Gasteiger partial charge in [-0.3, -0.25) is 14.4 Å². The Labute approximate surface area is 235 Å². The first-order chi connectivity index (χ1) is 18.9. The Morgan fingerprint density at radius 1 is 1.10 bits per heavy atom. The van der Waals surface area contributed by atoms with Crippen molar-refractivity contribution in [3.05, 3.63) is 23.3 Å². The Hall–Kier alpha value is -3.32. The normalized spacial score (nSPS) is 29.4. The minimum atomic E-state index is -0.818. The molecular weight excluding hydrogens is 514 g/mol. The predicted molar refractivity (Wildman–Crippen MR) is 146 cm³/mol. The lowest BCUT2D eigenvalue weighted by Gasteiger charge is -2.34. The van der Waals surface area contributed by atoms with Gasteiger partial charge in [0.1, 0.15) is 17.6 Å². The summed E-state index contributed by atoms with van der Waals surface area (Å²) in [6.45, 7) is 5.92. The van der Waals surface area contributed by atoms with Gasteiger partial charge in [0.15, 0.2) is 0 Å². The van der Waals surface area contributed by atoms with E-state index < -0.39 is 17.0 Å². The van der Waals surface area contributed by atoms with Crippen LogP contribution in [-0.4, -0.2) is 61.4 Å². The van der Waals surface area contributed by atoms with Gasteiger partial charge in [0.05, 0.1) is 41.3 Å². The third kappa shape index (κ3) is 6.04. The number of nitrogens with zero attached hydrogens (tertiary/aromatic N) is 1. The second-order valence-electron chi connectivity index (χ2n) is 12.4. The lowest BCUT2D eigenvalue weighted by molar-refractivity contribution is -0.150. The summed E-state index contributed by atoms with van der Waals surface area (Å²) in [6, 6.07) is 4.82. The summed E-state index contributed by atoms with van der Waals surface area (Å²) in [5.41, 5.74) is -0.822. The van der Waals surface area contributed by atoms with Crippen LogP contribution in [0, 0.1) is 34.5 Å². The average molecular weight is 556 g/mol. The number of hydrogen-bond acceptors (Lipinski definition) is 7. The minimum Gasteiger partial charge on any atom is -0.496 e. The van der Waals surface area contributed by atoms with Gasteiger partial charge < -0.3 is 30.0 Å². The number of carboxylic acids is 1. The number of aliphatic carboxylic acids is 1. The molecule has 1 aromatic rings. The van der Waals surface area contributed by atoms with Crippen LogP contribution in [0.15, 0.2) is 12.1 Å². The lowest BCUT2D eigenvalue weighted by atomic mass is 9.75. The van der Waals surface area contributed by atoms with Crippen LogP contribution >= 0.6 is 0 Å². The highest BCUT2D eigenvalue weighted by atomic mass is 16.5. The smallest absolute Gasteiger partial charge is 0.309 e. The van der Waals surface area contributed by atoms with Gasteiger partial charge in [-0.2, -0.15) is 5.26 Å². The van der Waals surface area contributed by atoms with Crippen LogP contribution in [-0.2, 0) is 14.3 Å². The van der Waals surface area contributed by atoms with Crippen LogP contribution in [0.25, 0.3) is 0 Å². The molecule has 1 aromatic carbocycles. The number of nitriles is 1. The molecule has 3 aliphatic rings. The minimum absolute atomic E-state index is 0.0795. The van der Waals surface area contributed by atoms with E-state index in [2.05, 4.69) is 16.7 Å². The third-order valence-electron chi connectivity index (χ3n) is 9.27. The second-order valence-corrected chi connectivity index (χ2v) is 12.4. The molecule has 10 nitrogen and oxygen atoms in total. The molecule has 3 N–H and O–H groups in total. The van der Waals surface area contributed by atoms with E-state index in [4.69, 9.17) is 14.2 Å². The Bertz CT molecular complexity index is 1180. The number of benzene rings is 1. The standard InChI is InChI=1S/C30H41N3O7/c1-29(2,39-5)16-32-27(35)24-17-6-7-18(12-17)25(24)33-26(34)21-14-22(19(15-31)13-23(21)38-4)40-20-8-10-30(3,11-9-20)28(36)37/h13-14,17-18,20,24-25H,6-12,16H2,1-5H3,(H,32,35)(H,33,34)(H,36,37)/t17-,18+,20?,24+,25-,30?/m1/s1. The van der Waals surface area contributed by atoms with E-state index in [1.165, 1.54) is 19.2 Å². The van der Waals surface area contributed by atoms with Crippen LogP contribution in [0.2, 0.25) is 0 Å². The number of methoxy groups -OCH3 is 2. The predicted octanol–water partition coefficient (Wildman–Crippen LogP) is 3.66. The number of carbonyl (C=O) groups is 3. The van der Waals surface area contributed by atoms with Crippen molar-refractivity contribution in [1.29, 1.82) is 5.26 Å². The van der Waals surface area contributed by atoms with Crippen molar-refractivity contribution in [2.45, 2.75) is 83.5 Å². The molecule has 0 radical (unpaired) electrons. The summed E-state index contributed by atoms with van der Waals surface area (Å²) in [4.78, 5) is 38.5. The van der Waals surface area contributed by atoms with E-state index in [0.717, 1.165) is 19.3 Å². The second kappa shape index (κ2) is 11.7. The molecule has 2 bridgehead atoms. The summed E-state index contributed by atoms with van der Waals surface area (Å²) < 4.78 is 17.1. The van der Waals surface area contributed by atoms with Gasteiger partial charge in [0.25, 0.3) is 5.91 Å². The van der Waals surface area contributed by atoms with E-state index in [-0.39, 0.29) is 64.3 Å². The van der Waals surface area contributed by atoms with Gasteiger partial charge in [-0.15, -0.1) is 0 Å². The Morgan fingerprint density at radius 2 is 1.77 bits per heavy atom. The Balaban J connectivity index is 1.51. The van der Waals surface area contributed by atoms with E-state index in [0.29, 0.717) is 32.2 Å². The lowest BCUT2D eigenvalue weighted by Crippen LogP contribution is -2.51. The van der Waals surface area contributed by atoms with Gasteiger partial charge >= 0.3 is 5.97 Å². The molecule has 40 heavy (non-hydrogen) atoms. The fourth-order valence-corrected chi connectivity index (χ4v) is 6.43. The molecule has 4 atom stereocenters. The number of carbonyl (C=O) groups excluding carboxylic acids is 2. The number of rotatable bonds is 10. The molecule has 0 unspecified atom stereocenters. The summed E-state index contributed by atoms with van der Waals surface area (Å²) in [5.74, 6) is -0.680. The van der Waals surface area contributed by atoms with Crippen LogP contribution in [0.5, 0.6) is 11.5 Å². The van der Waals surface area contributed by atoms with Crippen molar-refractivity contribution in [2.75, 3.05) is 20.8 Å². The van der Waals surface area contributed by atoms with E-state index in [9.17, 15) is 24.8 Å². The molecule has 3 aliphatic carbocycles. The van der Waals surface area contributed by atoms with Crippen molar-refractivity contribution in [3.63, 3.8) is 0 Å². The SMILES string of the molecule is COc1cc(C#N)c(OC2CCC(C)(C(=O)O)CC2)cc1C(=O)N[C@@H]1[C@H]2CC[C@H](C2)[C@@H]1C(=O)NCC(C)(C)OC. The van der Waals surface area contributed by atoms with Crippen molar-refractivity contribution in [2.24, 2.45) is 23.2 Å². The average Bonchev–Trinajstić information content (AvgIpc) is 3.55. The number of amides is 2. The highest BCUT2D eigenvalue weighted by Gasteiger charge is 2.51. The maximum absolute atomic E-state index is 13.6. The molecule has 0 heterocycles. The molecule has 3 fully saturated rings. The van der Waals surface area contributed by atoms with E-state index >= 15 is 0 Å². The topological polar surface area (TPSA) is 147 Å². The molecule has 3 saturated carbocycles. The molecule has 2 amide bonds. The number of hydrogen-bond donors (Lipinski definition) is 3. The monoisotopic (exact) mass is 555 g/mol. The molecule has 0 spiro atoms. The van der Waals surface area contributed by atoms with E-state index in [1.807, 2.05) is 13.8 Å². The van der Waals surface area contributed by atoms with Gasteiger partial charge in [0.2, 0.25) is 5.91 Å². The zero-order valence-electron chi connectivity index (χ0n) is 24.0. The number of carboxylic acid groups (broad SMARTS) is 1. The summed E-state index contributed by atoms with van der Waals surface area (Å²) in [7, 11) is 3.05. The number of fused-ring (bicyclic) bond motifs is 2. The largest absolute Gasteiger partial charge is 0.496 e. The van der Waals surface area contributed by atoms with E-state index in [1.54, 1.807) is 14.0 Å². The summed E-state index contributed by atoms with van der Waals surface area (Å²) >= 11 is 0. The summed E-state index contributed by atoms with van der Waals surface area (Å²) in [5, 5.41) is 25.4. The molecule has 0 aliphatic heterocycles. The Kier molecular flexibility index (Phi) is 8.64. The molecular formula is C30H41N3O7. The zero-order valence-corrected chi connectivity index (χ0v) is 24.0. The third-order valence-corrected chi connectivity index (χ3v) is 9.27. The fourth-order valence-electron chi connectivity index (χ4n) is 6.43. The van der Waals surface area contributed by atoms with Crippen LogP contribution in [0.3, 0.4) is 0 Å². The van der Waals surface area contributed by atoms with Gasteiger partial charge in [-0.1, -0.05) is 0 Å². The van der Waals surface area contributed by atoms with Gasteiger partial charge in [0, 0.05) is 25.8 Å². The van der Waals surface area contributed by atoms with Crippen molar-refractivity contribution < 1.29 is 33.7 Å². The highest BCUT2D eigenvalue weighted by Crippen LogP contribution is 2.49. The molecule has 10 heteroatoms. The maximum Gasteiger partial charge on any atom is 0.309 e. The van der Waals surface area contributed by atoms with Gasteiger partial charge in [-0.25, -0.2) is 0 Å². The molecule has 4 rings (SSSR count). The van der Waals surface area contributed by atoms with Crippen LogP contribution < -0.4 is 20.1 Å². The first kappa shape index (κ1) is 29.7. The van der Waals surface area contributed by atoms with Crippen molar-refractivity contribution >= 4 is 17.8 Å². The summed E-state index contributed by atoms with van der Waals surface area (Å²) in [6.07, 6.45) is 4.54. The van der Waals surface area contributed by atoms with Crippen LogP contribution in [0.1, 0.15) is 81.6 Å². The molecule has 218 valence electrons. The number of ether oxygens (including phenoxy) is 3. The molecule has 0 saturated heterocycles. The first-order valence-electron chi connectivity index (χ1n) is 14.1. The van der Waals surface area contributed by atoms with Gasteiger partial charge in [-0.05, 0) is 83.6 Å². The van der Waals surface area contributed by atoms with Crippen molar-refractivity contribution in [3.8, 4) is 17.6 Å². The highest BCUT2D eigenvalue weighted by molar-refractivity contribution is 5.98.